The number of ether oxygens (including phenoxy) is 2. The van der Waals surface area contributed by atoms with Gasteiger partial charge >= 0.3 is 0 Å². The Morgan fingerprint density at radius 3 is 2.66 bits per heavy atom. The number of benzene rings is 1. The van der Waals surface area contributed by atoms with E-state index in [1.165, 1.54) is 24.4 Å². The van der Waals surface area contributed by atoms with E-state index >= 15 is 0 Å². The number of thiophene rings is 1. The lowest BCUT2D eigenvalue weighted by Crippen LogP contribution is -2.19. The van der Waals surface area contributed by atoms with Gasteiger partial charge in [-0.1, -0.05) is 16.8 Å². The molecule has 1 aliphatic heterocycles. The van der Waals surface area contributed by atoms with Gasteiger partial charge < -0.3 is 19.3 Å². The summed E-state index contributed by atoms with van der Waals surface area (Å²) in [4.78, 5) is 25.1. The summed E-state index contributed by atoms with van der Waals surface area (Å²) in [6.45, 7) is 4.47. The normalized spacial score (nSPS) is 12.6. The van der Waals surface area contributed by atoms with Crippen molar-refractivity contribution in [2.75, 3.05) is 16.8 Å². The summed E-state index contributed by atoms with van der Waals surface area (Å²) in [6, 6.07) is 2.76. The van der Waals surface area contributed by atoms with Gasteiger partial charge in [0.2, 0.25) is 6.79 Å². The van der Waals surface area contributed by atoms with Crippen molar-refractivity contribution in [2.45, 2.75) is 25.7 Å². The standard InChI is InChI=1S/C19H16ClN3O7S2/c1-8-14(11(10(3)24)6-12-16(8)29-7-28-12)17(25)21-19-13(4-5-31-19)32(26,27)23-18-15(20)9(2)22-30-18/h4-6,23H,7H2,1-3H3,(H,21,25). The molecule has 1 aromatic carbocycles. The third-order valence-electron chi connectivity index (χ3n) is 4.67. The first kappa shape index (κ1) is 22.1. The van der Waals surface area contributed by atoms with Crippen LogP contribution in [0.1, 0.15) is 38.9 Å². The van der Waals surface area contributed by atoms with Crippen LogP contribution in [-0.2, 0) is 10.0 Å². The van der Waals surface area contributed by atoms with Crippen LogP contribution in [0, 0.1) is 13.8 Å². The number of amides is 1. The summed E-state index contributed by atoms with van der Waals surface area (Å²) < 4.78 is 43.6. The number of aromatic nitrogens is 1. The lowest BCUT2D eigenvalue weighted by Gasteiger charge is -2.14. The number of Topliss-reactive ketones (excluding diaryl/α,β-unsaturated/α-hetero) is 1. The fraction of sp³-hybridized carbons (Fsp3) is 0.211. The molecular weight excluding hydrogens is 482 g/mol. The Morgan fingerprint density at radius 2 is 2.00 bits per heavy atom. The van der Waals surface area contributed by atoms with Crippen LogP contribution in [-0.4, -0.2) is 32.1 Å². The summed E-state index contributed by atoms with van der Waals surface area (Å²) in [5.41, 5.74) is 0.927. The molecule has 0 radical (unpaired) electrons. The highest BCUT2D eigenvalue weighted by Gasteiger charge is 2.29. The number of hydrogen-bond donors (Lipinski definition) is 2. The van der Waals surface area contributed by atoms with Crippen LogP contribution in [0.5, 0.6) is 11.5 Å². The number of carbonyl (C=O) groups excluding carboxylic acids is 2. The molecule has 1 aliphatic rings. The second kappa shape index (κ2) is 8.11. The van der Waals surface area contributed by atoms with Crippen molar-refractivity contribution in [1.82, 2.24) is 5.16 Å². The molecule has 0 bridgehead atoms. The zero-order chi connectivity index (χ0) is 23.2. The Kier molecular flexibility index (Phi) is 5.61. The highest BCUT2D eigenvalue weighted by molar-refractivity contribution is 7.93. The van der Waals surface area contributed by atoms with Gasteiger partial charge in [-0.25, -0.2) is 13.1 Å². The Labute approximate surface area is 191 Å². The van der Waals surface area contributed by atoms with Crippen LogP contribution in [0.4, 0.5) is 10.9 Å². The number of carbonyl (C=O) groups is 2. The predicted octanol–water partition coefficient (Wildman–Crippen LogP) is 3.99. The van der Waals surface area contributed by atoms with Crippen molar-refractivity contribution in [3.63, 3.8) is 0 Å². The van der Waals surface area contributed by atoms with Crippen molar-refractivity contribution in [3.8, 4) is 11.5 Å². The first-order valence-corrected chi connectivity index (χ1v) is 11.8. The molecule has 0 saturated carbocycles. The van der Waals surface area contributed by atoms with E-state index in [2.05, 4.69) is 15.2 Å². The number of nitrogens with zero attached hydrogens (tertiary/aromatic N) is 1. The van der Waals surface area contributed by atoms with Gasteiger partial charge in [-0.3, -0.25) is 9.59 Å². The number of nitrogens with one attached hydrogen (secondary N) is 2. The molecule has 2 N–H and O–H groups in total. The van der Waals surface area contributed by atoms with E-state index in [1.807, 2.05) is 0 Å². The zero-order valence-corrected chi connectivity index (χ0v) is 19.3. The Morgan fingerprint density at radius 1 is 1.25 bits per heavy atom. The number of hydrogen-bond acceptors (Lipinski definition) is 9. The quantitative estimate of drug-likeness (QED) is 0.488. The highest BCUT2D eigenvalue weighted by Crippen LogP contribution is 2.40. The van der Waals surface area contributed by atoms with Crippen LogP contribution in [0.15, 0.2) is 26.9 Å². The van der Waals surface area contributed by atoms with Gasteiger partial charge in [0.25, 0.3) is 21.8 Å². The van der Waals surface area contributed by atoms with Crippen LogP contribution in [0.2, 0.25) is 5.02 Å². The van der Waals surface area contributed by atoms with Gasteiger partial charge in [0.1, 0.15) is 20.6 Å². The number of ketones is 1. The monoisotopic (exact) mass is 497 g/mol. The molecule has 0 fully saturated rings. The zero-order valence-electron chi connectivity index (χ0n) is 16.9. The molecule has 0 aliphatic carbocycles. The Hall–Kier alpha value is -3.09. The first-order valence-electron chi connectivity index (χ1n) is 9.07. The number of anilines is 2. The topological polar surface area (TPSA) is 137 Å². The third kappa shape index (κ3) is 3.80. The Bertz CT molecular complexity index is 1360. The minimum atomic E-state index is -4.17. The van der Waals surface area contributed by atoms with Crippen molar-refractivity contribution < 1.29 is 32.0 Å². The molecule has 3 aromatic rings. The van der Waals surface area contributed by atoms with Gasteiger partial charge in [-0.05, 0) is 38.3 Å². The van der Waals surface area contributed by atoms with Gasteiger partial charge in [0.05, 0.1) is 5.56 Å². The molecule has 0 unspecified atom stereocenters. The maximum Gasteiger partial charge on any atom is 0.267 e. The fourth-order valence-corrected chi connectivity index (χ4v) is 5.59. The van der Waals surface area contributed by atoms with E-state index < -0.39 is 15.9 Å². The Balaban J connectivity index is 1.68. The SMILES string of the molecule is CC(=O)c1cc2c(c(C)c1C(=O)Nc1sccc1S(=O)(=O)Nc1onc(C)c1Cl)OCO2. The highest BCUT2D eigenvalue weighted by atomic mass is 35.5. The van der Waals surface area contributed by atoms with Crippen LogP contribution in [0.3, 0.4) is 0 Å². The number of halogens is 1. The smallest absolute Gasteiger partial charge is 0.267 e. The van der Waals surface area contributed by atoms with E-state index in [-0.39, 0.29) is 44.5 Å². The van der Waals surface area contributed by atoms with Crippen molar-refractivity contribution in [2.24, 2.45) is 0 Å². The van der Waals surface area contributed by atoms with Crippen LogP contribution in [0.25, 0.3) is 0 Å². The van der Waals surface area contributed by atoms with E-state index in [0.29, 0.717) is 22.8 Å². The average molecular weight is 498 g/mol. The second-order valence-corrected chi connectivity index (χ2v) is 9.74. The summed E-state index contributed by atoms with van der Waals surface area (Å²) in [5, 5.41) is 7.74. The molecule has 13 heteroatoms. The minimum absolute atomic E-state index is 0.0245. The van der Waals surface area contributed by atoms with Crippen molar-refractivity contribution >= 4 is 55.5 Å². The maximum atomic E-state index is 13.1. The first-order chi connectivity index (χ1) is 15.1. The molecule has 0 spiro atoms. The lowest BCUT2D eigenvalue weighted by molar-refractivity contribution is 0.0984. The van der Waals surface area contributed by atoms with Gasteiger partial charge in [0.15, 0.2) is 17.3 Å². The summed E-state index contributed by atoms with van der Waals surface area (Å²) in [7, 11) is -4.17. The van der Waals surface area contributed by atoms with E-state index in [4.69, 9.17) is 25.6 Å². The number of sulfonamides is 1. The van der Waals surface area contributed by atoms with Gasteiger partial charge in [0, 0.05) is 11.1 Å². The molecular formula is C19H16ClN3O7S2. The van der Waals surface area contributed by atoms with E-state index in [1.54, 1.807) is 13.8 Å². The fourth-order valence-electron chi connectivity index (χ4n) is 3.14. The minimum Gasteiger partial charge on any atom is -0.454 e. The third-order valence-corrected chi connectivity index (χ3v) is 7.45. The number of aryl methyl sites for hydroxylation is 1. The van der Waals surface area contributed by atoms with Crippen molar-refractivity contribution in [3.05, 3.63) is 44.9 Å². The molecule has 0 atom stereocenters. The van der Waals surface area contributed by atoms with Crippen molar-refractivity contribution in [1.29, 1.82) is 0 Å². The molecule has 4 rings (SSSR count). The van der Waals surface area contributed by atoms with E-state index in [0.717, 1.165) is 11.3 Å². The molecule has 10 nitrogen and oxygen atoms in total. The molecule has 2 aromatic heterocycles. The number of fused-ring (bicyclic) bond motifs is 1. The van der Waals surface area contributed by atoms with Crippen LogP contribution >= 0.6 is 22.9 Å². The average Bonchev–Trinajstić information content (AvgIpc) is 3.45. The van der Waals surface area contributed by atoms with Gasteiger partial charge in [-0.2, -0.15) is 0 Å². The molecule has 1 amide bonds. The van der Waals surface area contributed by atoms with E-state index in [9.17, 15) is 18.0 Å². The van der Waals surface area contributed by atoms with Crippen LogP contribution < -0.4 is 19.5 Å². The molecule has 168 valence electrons. The number of rotatable bonds is 6. The summed E-state index contributed by atoms with van der Waals surface area (Å²) in [5.74, 6) is -0.535. The maximum absolute atomic E-state index is 13.1. The summed E-state index contributed by atoms with van der Waals surface area (Å²) in [6.07, 6.45) is 0. The molecule has 3 heterocycles. The lowest BCUT2D eigenvalue weighted by atomic mass is 9.97. The molecule has 0 saturated heterocycles. The van der Waals surface area contributed by atoms with Gasteiger partial charge in [-0.15, -0.1) is 11.3 Å². The largest absolute Gasteiger partial charge is 0.454 e. The predicted molar refractivity (Wildman–Crippen MR) is 117 cm³/mol. The summed E-state index contributed by atoms with van der Waals surface area (Å²) >= 11 is 6.98. The molecule has 32 heavy (non-hydrogen) atoms. The second-order valence-electron chi connectivity index (χ2n) is 6.80.